The van der Waals surface area contributed by atoms with Crippen molar-refractivity contribution in [3.8, 4) is 0 Å². The smallest absolute Gasteiger partial charge is 0.128 e. The molecule has 1 radical (unpaired) electrons. The highest BCUT2D eigenvalue weighted by Gasteiger charge is 2.10. The zero-order valence-corrected chi connectivity index (χ0v) is 7.38. The van der Waals surface area contributed by atoms with Crippen LogP contribution in [0.5, 0.6) is 0 Å². The van der Waals surface area contributed by atoms with Crippen molar-refractivity contribution in [2.45, 2.75) is 26.2 Å². The summed E-state index contributed by atoms with van der Waals surface area (Å²) in [5, 5.41) is 4.06. The molecule has 3 nitrogen and oxygen atoms in total. The van der Waals surface area contributed by atoms with E-state index < -0.39 is 0 Å². The van der Waals surface area contributed by atoms with Crippen LogP contribution in [0.2, 0.25) is 0 Å². The van der Waals surface area contributed by atoms with Gasteiger partial charge in [0.2, 0.25) is 0 Å². The Morgan fingerprint density at radius 2 is 2.36 bits per heavy atom. The van der Waals surface area contributed by atoms with Crippen molar-refractivity contribution < 1.29 is 0 Å². The van der Waals surface area contributed by atoms with E-state index in [0.29, 0.717) is 0 Å². The quantitative estimate of drug-likeness (QED) is 0.597. The van der Waals surface area contributed by atoms with Crippen LogP contribution >= 0.6 is 0 Å². The fourth-order valence-corrected chi connectivity index (χ4v) is 1.12. The Balaban J connectivity index is 2.23. The largest absolute Gasteiger partial charge is 0.362 e. The van der Waals surface area contributed by atoms with Gasteiger partial charge in [0.15, 0.2) is 0 Å². The highest BCUT2D eigenvalue weighted by atomic mass is 15.4. The fourth-order valence-electron chi connectivity index (χ4n) is 1.12. The minimum atomic E-state index is 0.881. The van der Waals surface area contributed by atoms with E-state index in [9.17, 15) is 0 Å². The van der Waals surface area contributed by atoms with Crippen LogP contribution in [0.25, 0.3) is 0 Å². The van der Waals surface area contributed by atoms with Crippen molar-refractivity contribution in [2.24, 2.45) is 5.10 Å². The first-order valence-corrected chi connectivity index (χ1v) is 4.29. The first-order valence-electron chi connectivity index (χ1n) is 4.29. The van der Waals surface area contributed by atoms with E-state index >= 15 is 0 Å². The van der Waals surface area contributed by atoms with E-state index in [1.165, 1.54) is 12.8 Å². The molecule has 0 saturated carbocycles. The number of amidine groups is 1. The van der Waals surface area contributed by atoms with Crippen LogP contribution in [0.15, 0.2) is 5.10 Å². The molecule has 0 aromatic heterocycles. The molecule has 0 spiro atoms. The minimum absolute atomic E-state index is 0.881. The Morgan fingerprint density at radius 3 is 2.91 bits per heavy atom. The minimum Gasteiger partial charge on any atom is -0.362 e. The average molecular weight is 154 g/mol. The van der Waals surface area contributed by atoms with Gasteiger partial charge >= 0.3 is 0 Å². The van der Waals surface area contributed by atoms with Gasteiger partial charge in [0.05, 0.1) is 6.54 Å². The van der Waals surface area contributed by atoms with Crippen molar-refractivity contribution in [2.75, 3.05) is 20.1 Å². The van der Waals surface area contributed by atoms with E-state index in [1.54, 1.807) is 0 Å². The molecular weight excluding hydrogens is 138 g/mol. The molecule has 0 atom stereocenters. The van der Waals surface area contributed by atoms with E-state index in [0.717, 1.165) is 25.3 Å². The van der Waals surface area contributed by atoms with Crippen molar-refractivity contribution in [1.82, 2.24) is 10.3 Å². The topological polar surface area (TPSA) is 29.7 Å². The lowest BCUT2D eigenvalue weighted by atomic mass is 10.3. The second kappa shape index (κ2) is 4.21. The predicted molar refractivity (Wildman–Crippen MR) is 46.6 cm³/mol. The van der Waals surface area contributed by atoms with Crippen LogP contribution in [0, 0.1) is 0 Å². The molecule has 11 heavy (non-hydrogen) atoms. The molecule has 1 aliphatic rings. The van der Waals surface area contributed by atoms with E-state index in [4.69, 9.17) is 0 Å². The molecule has 0 saturated heterocycles. The maximum absolute atomic E-state index is 4.06. The molecule has 1 rings (SSSR count). The summed E-state index contributed by atoms with van der Waals surface area (Å²) in [6, 6.07) is 0. The van der Waals surface area contributed by atoms with Crippen molar-refractivity contribution in [3.05, 3.63) is 0 Å². The fraction of sp³-hybridized carbons (Fsp3) is 0.875. The summed E-state index contributed by atoms with van der Waals surface area (Å²) in [5.41, 5.74) is 3.94. The van der Waals surface area contributed by atoms with Crippen molar-refractivity contribution in [1.29, 1.82) is 0 Å². The van der Waals surface area contributed by atoms with Crippen LogP contribution in [0.4, 0.5) is 0 Å². The monoisotopic (exact) mass is 154 g/mol. The summed E-state index contributed by atoms with van der Waals surface area (Å²) in [6.45, 7) is 4.20. The van der Waals surface area contributed by atoms with Gasteiger partial charge in [0, 0.05) is 20.0 Å². The summed E-state index contributed by atoms with van der Waals surface area (Å²) >= 11 is 0. The summed E-state index contributed by atoms with van der Waals surface area (Å²) in [6.07, 6.45) is 3.52. The third-order valence-electron chi connectivity index (χ3n) is 1.91. The normalized spacial score (nSPS) is 16.0. The Morgan fingerprint density at radius 1 is 1.55 bits per heavy atom. The molecule has 3 heteroatoms. The predicted octanol–water partition coefficient (Wildman–Crippen LogP) is 1.04. The lowest BCUT2D eigenvalue weighted by molar-refractivity contribution is 0.478. The molecule has 0 aromatic rings. The van der Waals surface area contributed by atoms with Gasteiger partial charge in [-0.2, -0.15) is 5.43 Å². The second-order valence-corrected chi connectivity index (χ2v) is 2.91. The average Bonchev–Trinajstić information content (AvgIpc) is 2.52. The van der Waals surface area contributed by atoms with Gasteiger partial charge in [0.1, 0.15) is 5.84 Å². The zero-order valence-electron chi connectivity index (χ0n) is 7.38. The summed E-state index contributed by atoms with van der Waals surface area (Å²) in [7, 11) is 2.09. The maximum atomic E-state index is 4.06. The van der Waals surface area contributed by atoms with Gasteiger partial charge in [-0.05, 0) is 6.42 Å². The Kier molecular flexibility index (Phi) is 3.20. The molecular formula is C8H16N3. The van der Waals surface area contributed by atoms with Gasteiger partial charge in [-0.15, -0.1) is 5.10 Å². The first-order chi connectivity index (χ1) is 5.34. The number of unbranched alkanes of at least 4 members (excludes halogenated alkanes) is 1. The number of hydrogen-bond donors (Lipinski definition) is 0. The molecule has 0 bridgehead atoms. The van der Waals surface area contributed by atoms with Gasteiger partial charge in [-0.1, -0.05) is 13.3 Å². The van der Waals surface area contributed by atoms with Crippen LogP contribution in [0.1, 0.15) is 26.2 Å². The SMILES string of the molecule is CCCCN(C)C1=N[N]CC1. The third-order valence-corrected chi connectivity index (χ3v) is 1.91. The van der Waals surface area contributed by atoms with Gasteiger partial charge in [0.25, 0.3) is 0 Å². The van der Waals surface area contributed by atoms with Crippen LogP contribution in [0.3, 0.4) is 0 Å². The lowest BCUT2D eigenvalue weighted by Crippen LogP contribution is -2.26. The molecule has 0 fully saturated rings. The third kappa shape index (κ3) is 2.41. The van der Waals surface area contributed by atoms with Crippen LogP contribution in [-0.4, -0.2) is 30.9 Å². The molecule has 1 heterocycles. The second-order valence-electron chi connectivity index (χ2n) is 2.91. The molecule has 63 valence electrons. The van der Waals surface area contributed by atoms with E-state index in [1.807, 2.05) is 0 Å². The summed E-state index contributed by atoms with van der Waals surface area (Å²) < 4.78 is 0. The first kappa shape index (κ1) is 8.37. The van der Waals surface area contributed by atoms with E-state index in [-0.39, 0.29) is 0 Å². The number of hydrogen-bond acceptors (Lipinski definition) is 2. The standard InChI is InChI=1S/C8H16N3/c1-3-4-7-11(2)8-5-6-9-10-8/h3-7H2,1-2H3. The Labute approximate surface area is 68.5 Å². The van der Waals surface area contributed by atoms with Crippen LogP contribution in [-0.2, 0) is 0 Å². The molecule has 0 N–H and O–H groups in total. The van der Waals surface area contributed by atoms with Crippen molar-refractivity contribution in [3.63, 3.8) is 0 Å². The highest BCUT2D eigenvalue weighted by Crippen LogP contribution is 2.01. The summed E-state index contributed by atoms with van der Waals surface area (Å²) in [4.78, 5) is 2.21. The number of nitrogens with zero attached hydrogens (tertiary/aromatic N) is 3. The number of rotatable bonds is 3. The highest BCUT2D eigenvalue weighted by molar-refractivity contribution is 5.83. The van der Waals surface area contributed by atoms with Gasteiger partial charge < -0.3 is 4.90 Å². The van der Waals surface area contributed by atoms with E-state index in [2.05, 4.69) is 29.4 Å². The zero-order chi connectivity index (χ0) is 8.10. The van der Waals surface area contributed by atoms with Crippen molar-refractivity contribution >= 4 is 5.84 Å². The lowest BCUT2D eigenvalue weighted by Gasteiger charge is -2.16. The van der Waals surface area contributed by atoms with Crippen LogP contribution < -0.4 is 5.43 Å². The molecule has 0 amide bonds. The molecule has 0 aromatic carbocycles. The molecule has 0 unspecified atom stereocenters. The molecule has 0 aliphatic carbocycles. The van der Waals surface area contributed by atoms with Gasteiger partial charge in [-0.25, -0.2) is 0 Å². The Hall–Kier alpha value is -0.730. The summed E-state index contributed by atoms with van der Waals surface area (Å²) in [5.74, 6) is 1.15. The maximum Gasteiger partial charge on any atom is 0.128 e. The Bertz CT molecular complexity index is 142. The van der Waals surface area contributed by atoms with Gasteiger partial charge in [-0.3, -0.25) is 0 Å². The molecule has 1 aliphatic heterocycles.